The molecule has 0 fully saturated rings. The predicted molar refractivity (Wildman–Crippen MR) is 84.9 cm³/mol. The second-order valence-corrected chi connectivity index (χ2v) is 4.97. The Labute approximate surface area is 123 Å². The van der Waals surface area contributed by atoms with Gasteiger partial charge in [-0.1, -0.05) is 48.5 Å². The van der Waals surface area contributed by atoms with Crippen LogP contribution < -0.4 is 10.6 Å². The molecule has 1 atom stereocenters. The SMILES string of the molecule is O=C(C1=NCC(CNc2ccccc2)N1)c1ccccc1. The quantitative estimate of drug-likeness (QED) is 0.826. The molecule has 0 bridgehead atoms. The number of amidine groups is 1. The van der Waals surface area contributed by atoms with Gasteiger partial charge < -0.3 is 10.6 Å². The predicted octanol–water partition coefficient (Wildman–Crippen LogP) is 2.35. The van der Waals surface area contributed by atoms with Crippen LogP contribution in [-0.2, 0) is 0 Å². The normalized spacial score (nSPS) is 17.0. The van der Waals surface area contributed by atoms with Crippen LogP contribution >= 0.6 is 0 Å². The van der Waals surface area contributed by atoms with Gasteiger partial charge in [0.25, 0.3) is 0 Å². The van der Waals surface area contributed by atoms with Gasteiger partial charge in [0.2, 0.25) is 5.78 Å². The summed E-state index contributed by atoms with van der Waals surface area (Å²) in [6, 6.07) is 19.4. The molecule has 3 rings (SSSR count). The third kappa shape index (κ3) is 3.28. The highest BCUT2D eigenvalue weighted by Crippen LogP contribution is 2.08. The van der Waals surface area contributed by atoms with E-state index in [1.165, 1.54) is 0 Å². The van der Waals surface area contributed by atoms with Crippen molar-refractivity contribution in [3.05, 3.63) is 66.2 Å². The summed E-state index contributed by atoms with van der Waals surface area (Å²) in [6.45, 7) is 1.35. The van der Waals surface area contributed by atoms with Crippen LogP contribution in [0.4, 0.5) is 5.69 Å². The number of para-hydroxylation sites is 1. The van der Waals surface area contributed by atoms with Gasteiger partial charge in [-0.3, -0.25) is 9.79 Å². The second kappa shape index (κ2) is 6.22. The highest BCUT2D eigenvalue weighted by atomic mass is 16.1. The number of aliphatic imine (C=N–C) groups is 1. The van der Waals surface area contributed by atoms with Crippen LogP contribution in [0, 0.1) is 0 Å². The van der Waals surface area contributed by atoms with E-state index in [0.29, 0.717) is 17.9 Å². The first-order valence-electron chi connectivity index (χ1n) is 7.02. The van der Waals surface area contributed by atoms with Crippen molar-refractivity contribution in [2.75, 3.05) is 18.4 Å². The number of carbonyl (C=O) groups is 1. The Kier molecular flexibility index (Phi) is 3.96. The minimum atomic E-state index is -0.0437. The molecule has 1 heterocycles. The number of nitrogens with one attached hydrogen (secondary N) is 2. The number of ketones is 1. The van der Waals surface area contributed by atoms with Crippen LogP contribution in [0.5, 0.6) is 0 Å². The van der Waals surface area contributed by atoms with Gasteiger partial charge in [0.1, 0.15) is 0 Å². The Balaban J connectivity index is 1.54. The van der Waals surface area contributed by atoms with E-state index in [1.807, 2.05) is 60.7 Å². The largest absolute Gasteiger partial charge is 0.383 e. The molecule has 1 aliphatic heterocycles. The molecule has 4 heteroatoms. The molecule has 21 heavy (non-hydrogen) atoms. The summed E-state index contributed by atoms with van der Waals surface area (Å²) in [5.74, 6) is 0.416. The number of carbonyl (C=O) groups excluding carboxylic acids is 1. The molecule has 106 valence electrons. The van der Waals surface area contributed by atoms with Crippen molar-refractivity contribution < 1.29 is 4.79 Å². The number of nitrogens with zero attached hydrogens (tertiary/aromatic N) is 1. The molecular formula is C17H17N3O. The van der Waals surface area contributed by atoms with Crippen molar-refractivity contribution in [2.45, 2.75) is 6.04 Å². The maximum absolute atomic E-state index is 12.3. The fraction of sp³-hybridized carbons (Fsp3) is 0.176. The first kappa shape index (κ1) is 13.4. The summed E-state index contributed by atoms with van der Waals surface area (Å²) in [5.41, 5.74) is 1.74. The zero-order valence-electron chi connectivity index (χ0n) is 11.6. The lowest BCUT2D eigenvalue weighted by atomic mass is 10.1. The zero-order valence-corrected chi connectivity index (χ0v) is 11.6. The Hall–Kier alpha value is -2.62. The topological polar surface area (TPSA) is 53.5 Å². The minimum absolute atomic E-state index is 0.0437. The second-order valence-electron chi connectivity index (χ2n) is 4.97. The maximum atomic E-state index is 12.3. The molecule has 2 aromatic carbocycles. The molecule has 0 saturated carbocycles. The van der Waals surface area contributed by atoms with Gasteiger partial charge in [0.15, 0.2) is 5.84 Å². The number of hydrogen-bond acceptors (Lipinski definition) is 4. The Morgan fingerprint density at radius 3 is 2.48 bits per heavy atom. The summed E-state index contributed by atoms with van der Waals surface area (Å²) < 4.78 is 0. The van der Waals surface area contributed by atoms with E-state index in [-0.39, 0.29) is 11.8 Å². The number of Topliss-reactive ketones (excluding diaryl/α,β-unsaturated/α-hetero) is 1. The lowest BCUT2D eigenvalue weighted by Gasteiger charge is -2.13. The van der Waals surface area contributed by atoms with Gasteiger partial charge >= 0.3 is 0 Å². The van der Waals surface area contributed by atoms with Crippen molar-refractivity contribution in [3.63, 3.8) is 0 Å². The molecule has 2 aromatic rings. The van der Waals surface area contributed by atoms with Gasteiger partial charge in [-0.2, -0.15) is 0 Å². The number of anilines is 1. The molecule has 0 spiro atoms. The lowest BCUT2D eigenvalue weighted by Crippen LogP contribution is -2.39. The smallest absolute Gasteiger partial charge is 0.227 e. The molecule has 4 nitrogen and oxygen atoms in total. The van der Waals surface area contributed by atoms with Crippen molar-refractivity contribution in [1.29, 1.82) is 0 Å². The molecule has 1 unspecified atom stereocenters. The zero-order chi connectivity index (χ0) is 14.5. The Bertz CT molecular complexity index is 638. The van der Waals surface area contributed by atoms with Crippen LogP contribution in [0.15, 0.2) is 65.7 Å². The average Bonchev–Trinajstić information content (AvgIpc) is 3.03. The van der Waals surface area contributed by atoms with Crippen LogP contribution in [0.3, 0.4) is 0 Å². The Morgan fingerprint density at radius 2 is 1.76 bits per heavy atom. The first-order valence-corrected chi connectivity index (χ1v) is 7.02. The standard InChI is InChI=1S/C17H17N3O/c21-16(13-7-3-1-4-8-13)17-19-12-15(20-17)11-18-14-9-5-2-6-10-14/h1-10,15,18H,11-12H2,(H,19,20). The first-order chi connectivity index (χ1) is 10.3. The maximum Gasteiger partial charge on any atom is 0.227 e. The summed E-state index contributed by atoms with van der Waals surface area (Å²) in [4.78, 5) is 16.6. The van der Waals surface area contributed by atoms with Crippen molar-refractivity contribution >= 4 is 17.3 Å². The monoisotopic (exact) mass is 279 g/mol. The van der Waals surface area contributed by atoms with Crippen molar-refractivity contribution in [2.24, 2.45) is 4.99 Å². The van der Waals surface area contributed by atoms with Crippen LogP contribution in [0.2, 0.25) is 0 Å². The van der Waals surface area contributed by atoms with Crippen molar-refractivity contribution in [1.82, 2.24) is 5.32 Å². The highest BCUT2D eigenvalue weighted by Gasteiger charge is 2.23. The third-order valence-corrected chi connectivity index (χ3v) is 3.39. The van der Waals surface area contributed by atoms with Crippen LogP contribution in [0.25, 0.3) is 0 Å². The summed E-state index contributed by atoms with van der Waals surface area (Å²) >= 11 is 0. The third-order valence-electron chi connectivity index (χ3n) is 3.39. The van der Waals surface area contributed by atoms with E-state index in [9.17, 15) is 4.79 Å². The van der Waals surface area contributed by atoms with E-state index in [2.05, 4.69) is 15.6 Å². The molecular weight excluding hydrogens is 262 g/mol. The van der Waals surface area contributed by atoms with Gasteiger partial charge in [-0.05, 0) is 12.1 Å². The number of benzene rings is 2. The van der Waals surface area contributed by atoms with Crippen LogP contribution in [0.1, 0.15) is 10.4 Å². The van der Waals surface area contributed by atoms with E-state index < -0.39 is 0 Å². The van der Waals surface area contributed by atoms with Crippen LogP contribution in [-0.4, -0.2) is 30.8 Å². The molecule has 2 N–H and O–H groups in total. The van der Waals surface area contributed by atoms with E-state index in [0.717, 1.165) is 12.2 Å². The summed E-state index contributed by atoms with van der Waals surface area (Å²) in [6.07, 6.45) is 0. The molecule has 1 aliphatic rings. The fourth-order valence-corrected chi connectivity index (χ4v) is 2.26. The highest BCUT2D eigenvalue weighted by molar-refractivity contribution is 6.45. The average molecular weight is 279 g/mol. The van der Waals surface area contributed by atoms with Crippen molar-refractivity contribution in [3.8, 4) is 0 Å². The number of rotatable bonds is 5. The molecule has 0 amide bonds. The number of hydrogen-bond donors (Lipinski definition) is 2. The van der Waals surface area contributed by atoms with Gasteiger partial charge in [-0.25, -0.2) is 0 Å². The molecule has 0 radical (unpaired) electrons. The van der Waals surface area contributed by atoms with Gasteiger partial charge in [0, 0.05) is 17.8 Å². The molecule has 0 aromatic heterocycles. The molecule has 0 aliphatic carbocycles. The Morgan fingerprint density at radius 1 is 1.10 bits per heavy atom. The van der Waals surface area contributed by atoms with E-state index >= 15 is 0 Å². The minimum Gasteiger partial charge on any atom is -0.383 e. The van der Waals surface area contributed by atoms with E-state index in [1.54, 1.807) is 0 Å². The van der Waals surface area contributed by atoms with Gasteiger partial charge in [0.05, 0.1) is 12.6 Å². The van der Waals surface area contributed by atoms with Gasteiger partial charge in [-0.15, -0.1) is 0 Å². The lowest BCUT2D eigenvalue weighted by molar-refractivity contribution is 0.106. The van der Waals surface area contributed by atoms with E-state index in [4.69, 9.17) is 0 Å². The summed E-state index contributed by atoms with van der Waals surface area (Å²) in [7, 11) is 0. The fourth-order valence-electron chi connectivity index (χ4n) is 2.26. The summed E-state index contributed by atoms with van der Waals surface area (Å²) in [5, 5.41) is 6.54. The molecule has 0 saturated heterocycles.